The molecule has 1 N–H and O–H groups in total. The highest BCUT2D eigenvalue weighted by Gasteiger charge is 2.10. The van der Waals surface area contributed by atoms with Gasteiger partial charge in [-0.3, -0.25) is 4.68 Å². The molecule has 0 radical (unpaired) electrons. The highest BCUT2D eigenvalue weighted by atomic mass is 16.5. The molecule has 0 aliphatic heterocycles. The Balaban J connectivity index is 2.51. The summed E-state index contributed by atoms with van der Waals surface area (Å²) in [5.74, 6) is 0.592. The fourth-order valence-corrected chi connectivity index (χ4v) is 1.93. The molecule has 18 heavy (non-hydrogen) atoms. The molecule has 1 aromatic heterocycles. The molecule has 1 rings (SSSR count). The molecule has 4 heteroatoms. The van der Waals surface area contributed by atoms with E-state index in [1.807, 2.05) is 0 Å². The molecular weight excluding hydrogens is 226 g/mol. The molecule has 1 heterocycles. The number of hydrogen-bond acceptors (Lipinski definition) is 3. The maximum absolute atomic E-state index is 5.61. The van der Waals surface area contributed by atoms with Gasteiger partial charge in [0, 0.05) is 24.4 Å². The van der Waals surface area contributed by atoms with E-state index in [4.69, 9.17) is 4.74 Å². The minimum atomic E-state index is 0.592. The molecule has 4 nitrogen and oxygen atoms in total. The quantitative estimate of drug-likeness (QED) is 0.722. The van der Waals surface area contributed by atoms with E-state index in [0.717, 1.165) is 38.5 Å². The number of rotatable bonds is 8. The van der Waals surface area contributed by atoms with Crippen molar-refractivity contribution in [1.82, 2.24) is 15.1 Å². The first-order chi connectivity index (χ1) is 8.56. The van der Waals surface area contributed by atoms with E-state index in [-0.39, 0.29) is 0 Å². The Morgan fingerprint density at radius 1 is 1.33 bits per heavy atom. The number of nitrogens with one attached hydrogen (secondary N) is 1. The largest absolute Gasteiger partial charge is 0.379 e. The van der Waals surface area contributed by atoms with E-state index in [9.17, 15) is 0 Å². The van der Waals surface area contributed by atoms with Gasteiger partial charge in [-0.15, -0.1) is 0 Å². The van der Waals surface area contributed by atoms with Gasteiger partial charge >= 0.3 is 0 Å². The van der Waals surface area contributed by atoms with E-state index < -0.39 is 0 Å². The third kappa shape index (κ3) is 4.42. The number of hydrogen-bond donors (Lipinski definition) is 1. The van der Waals surface area contributed by atoms with Gasteiger partial charge in [-0.25, -0.2) is 0 Å². The summed E-state index contributed by atoms with van der Waals surface area (Å²) < 4.78 is 7.67. The van der Waals surface area contributed by atoms with Gasteiger partial charge in [-0.05, 0) is 26.3 Å². The van der Waals surface area contributed by atoms with Crippen LogP contribution < -0.4 is 5.32 Å². The fraction of sp³-hybridized carbons (Fsp3) is 0.786. The van der Waals surface area contributed by atoms with Gasteiger partial charge in [-0.2, -0.15) is 5.10 Å². The highest BCUT2D eigenvalue weighted by molar-refractivity contribution is 5.24. The summed E-state index contributed by atoms with van der Waals surface area (Å²) in [7, 11) is 0. The Labute approximate surface area is 111 Å². The summed E-state index contributed by atoms with van der Waals surface area (Å²) in [6.07, 6.45) is 0. The maximum Gasteiger partial charge on any atom is 0.0662 e. The monoisotopic (exact) mass is 253 g/mol. The molecule has 1 aromatic rings. The molecular formula is C14H27N3O. The lowest BCUT2D eigenvalue weighted by molar-refractivity contribution is 0.100. The summed E-state index contributed by atoms with van der Waals surface area (Å²) in [4.78, 5) is 0. The van der Waals surface area contributed by atoms with E-state index >= 15 is 0 Å². The van der Waals surface area contributed by atoms with Crippen molar-refractivity contribution in [2.45, 2.75) is 47.7 Å². The van der Waals surface area contributed by atoms with Crippen molar-refractivity contribution in [1.29, 1.82) is 0 Å². The summed E-state index contributed by atoms with van der Waals surface area (Å²) in [5, 5.41) is 7.93. The van der Waals surface area contributed by atoms with Gasteiger partial charge in [0.05, 0.1) is 18.8 Å². The van der Waals surface area contributed by atoms with Gasteiger partial charge < -0.3 is 10.1 Å². The summed E-state index contributed by atoms with van der Waals surface area (Å²) in [6, 6.07) is 0. The zero-order chi connectivity index (χ0) is 13.5. The van der Waals surface area contributed by atoms with Crippen LogP contribution in [0.2, 0.25) is 0 Å². The van der Waals surface area contributed by atoms with Gasteiger partial charge in [-0.1, -0.05) is 20.8 Å². The Hall–Kier alpha value is -0.870. The Bertz CT molecular complexity index is 358. The Morgan fingerprint density at radius 3 is 2.67 bits per heavy atom. The Kier molecular flexibility index (Phi) is 6.36. The number of ether oxygens (including phenoxy) is 1. The first-order valence-electron chi connectivity index (χ1n) is 6.87. The SMILES string of the molecule is CCNCc1c(C)nn(CCOCC(C)C)c1C. The van der Waals surface area contributed by atoms with Crippen molar-refractivity contribution >= 4 is 0 Å². The van der Waals surface area contributed by atoms with Crippen LogP contribution in [0.4, 0.5) is 0 Å². The van der Waals surface area contributed by atoms with Crippen molar-refractivity contribution < 1.29 is 4.74 Å². The van der Waals surface area contributed by atoms with E-state index in [2.05, 4.69) is 49.7 Å². The molecule has 0 fully saturated rings. The lowest BCUT2D eigenvalue weighted by atomic mass is 10.2. The normalized spacial score (nSPS) is 11.4. The lowest BCUT2D eigenvalue weighted by Gasteiger charge is -2.08. The highest BCUT2D eigenvalue weighted by Crippen LogP contribution is 2.12. The smallest absolute Gasteiger partial charge is 0.0662 e. The van der Waals surface area contributed by atoms with Gasteiger partial charge in [0.1, 0.15) is 0 Å². The van der Waals surface area contributed by atoms with Crippen LogP contribution in [0.25, 0.3) is 0 Å². The van der Waals surface area contributed by atoms with Crippen LogP contribution in [0.15, 0.2) is 0 Å². The molecule has 0 unspecified atom stereocenters. The number of aryl methyl sites for hydroxylation is 1. The van der Waals surface area contributed by atoms with Crippen LogP contribution in [0, 0.1) is 19.8 Å². The standard InChI is InChI=1S/C14H27N3O/c1-6-15-9-14-12(4)16-17(13(14)5)7-8-18-10-11(2)3/h11,15H,6-10H2,1-5H3. The molecule has 0 saturated carbocycles. The van der Waals surface area contributed by atoms with Crippen molar-refractivity contribution in [3.8, 4) is 0 Å². The zero-order valence-electron chi connectivity index (χ0n) is 12.4. The van der Waals surface area contributed by atoms with Crippen molar-refractivity contribution in [2.75, 3.05) is 19.8 Å². The predicted molar refractivity (Wildman–Crippen MR) is 74.7 cm³/mol. The van der Waals surface area contributed by atoms with Crippen LogP contribution in [0.1, 0.15) is 37.7 Å². The lowest BCUT2D eigenvalue weighted by Crippen LogP contribution is -2.14. The van der Waals surface area contributed by atoms with Crippen LogP contribution in [0.5, 0.6) is 0 Å². The molecule has 104 valence electrons. The third-order valence-electron chi connectivity index (χ3n) is 2.98. The van der Waals surface area contributed by atoms with Gasteiger partial charge in [0.2, 0.25) is 0 Å². The maximum atomic E-state index is 5.61. The van der Waals surface area contributed by atoms with E-state index in [1.165, 1.54) is 11.3 Å². The molecule has 0 aliphatic rings. The van der Waals surface area contributed by atoms with Gasteiger partial charge in [0.25, 0.3) is 0 Å². The molecule has 0 saturated heterocycles. The van der Waals surface area contributed by atoms with Crippen LogP contribution in [0.3, 0.4) is 0 Å². The summed E-state index contributed by atoms with van der Waals surface area (Å²) in [5.41, 5.74) is 3.69. The number of nitrogens with zero attached hydrogens (tertiary/aromatic N) is 2. The number of aromatic nitrogens is 2. The van der Waals surface area contributed by atoms with E-state index in [0.29, 0.717) is 5.92 Å². The Morgan fingerprint density at radius 2 is 2.06 bits per heavy atom. The molecule has 0 atom stereocenters. The average molecular weight is 253 g/mol. The zero-order valence-corrected chi connectivity index (χ0v) is 12.4. The van der Waals surface area contributed by atoms with Crippen molar-refractivity contribution in [3.05, 3.63) is 17.0 Å². The molecule has 0 bridgehead atoms. The minimum Gasteiger partial charge on any atom is -0.379 e. The minimum absolute atomic E-state index is 0.592. The van der Waals surface area contributed by atoms with Crippen LogP contribution in [-0.4, -0.2) is 29.5 Å². The third-order valence-corrected chi connectivity index (χ3v) is 2.98. The second-order valence-corrected chi connectivity index (χ2v) is 5.12. The van der Waals surface area contributed by atoms with Crippen molar-refractivity contribution in [3.63, 3.8) is 0 Å². The average Bonchev–Trinajstić information content (AvgIpc) is 2.58. The van der Waals surface area contributed by atoms with E-state index in [1.54, 1.807) is 0 Å². The van der Waals surface area contributed by atoms with Crippen LogP contribution in [-0.2, 0) is 17.8 Å². The fourth-order valence-electron chi connectivity index (χ4n) is 1.93. The molecule has 0 amide bonds. The van der Waals surface area contributed by atoms with Crippen LogP contribution >= 0.6 is 0 Å². The summed E-state index contributed by atoms with van der Waals surface area (Å²) in [6.45, 7) is 14.9. The summed E-state index contributed by atoms with van der Waals surface area (Å²) >= 11 is 0. The van der Waals surface area contributed by atoms with Crippen molar-refractivity contribution in [2.24, 2.45) is 5.92 Å². The molecule has 0 aromatic carbocycles. The topological polar surface area (TPSA) is 39.1 Å². The second kappa shape index (κ2) is 7.54. The second-order valence-electron chi connectivity index (χ2n) is 5.12. The van der Waals surface area contributed by atoms with Gasteiger partial charge in [0.15, 0.2) is 0 Å². The first kappa shape index (κ1) is 15.2. The molecule has 0 aliphatic carbocycles. The molecule has 0 spiro atoms. The predicted octanol–water partition coefficient (Wildman–Crippen LogP) is 2.28. The first-order valence-corrected chi connectivity index (χ1v) is 6.87.